The second-order valence-electron chi connectivity index (χ2n) is 5.14. The molecule has 0 heterocycles. The monoisotopic (exact) mass is 342 g/mol. The van der Waals surface area contributed by atoms with E-state index in [9.17, 15) is 9.59 Å². The lowest BCUT2D eigenvalue weighted by molar-refractivity contribution is -0.134. The molecule has 0 aliphatic rings. The van der Waals surface area contributed by atoms with Gasteiger partial charge in [0, 0.05) is 18.6 Å². The summed E-state index contributed by atoms with van der Waals surface area (Å²) >= 11 is 0. The first-order valence-electron chi connectivity index (χ1n) is 7.43. The van der Waals surface area contributed by atoms with Gasteiger partial charge in [-0.25, -0.2) is 4.79 Å². The van der Waals surface area contributed by atoms with E-state index in [4.69, 9.17) is 15.0 Å². The second-order valence-corrected chi connectivity index (χ2v) is 5.14. The number of hydrogen-bond acceptors (Lipinski definition) is 3. The zero-order valence-electron chi connectivity index (χ0n) is 14.5. The molecule has 0 aromatic heterocycles. The van der Waals surface area contributed by atoms with Crippen LogP contribution in [0.1, 0.15) is 34.0 Å². The van der Waals surface area contributed by atoms with Gasteiger partial charge in [0.25, 0.3) is 5.97 Å². The molecule has 2 aromatic carbocycles. The Hall–Kier alpha value is -3.21. The lowest BCUT2D eigenvalue weighted by atomic mass is 10.1. The van der Waals surface area contributed by atoms with Gasteiger partial charge in [0.1, 0.15) is 6.29 Å². The van der Waals surface area contributed by atoms with Gasteiger partial charge >= 0.3 is 5.97 Å². The number of carboxylic acid groups (broad SMARTS) is 2. The Morgan fingerprint density at radius 1 is 0.880 bits per heavy atom. The van der Waals surface area contributed by atoms with Crippen LogP contribution in [0.25, 0.3) is 6.08 Å². The van der Waals surface area contributed by atoms with E-state index >= 15 is 0 Å². The molecule has 5 nitrogen and oxygen atoms in total. The van der Waals surface area contributed by atoms with E-state index in [1.54, 1.807) is 12.1 Å². The fourth-order valence-corrected chi connectivity index (χ4v) is 1.68. The molecule has 0 bridgehead atoms. The molecular weight excluding hydrogens is 320 g/mol. The topological polar surface area (TPSA) is 91.7 Å². The van der Waals surface area contributed by atoms with Crippen LogP contribution in [0.5, 0.6) is 0 Å². The van der Waals surface area contributed by atoms with Crippen LogP contribution in [0.2, 0.25) is 0 Å². The average Bonchev–Trinajstić information content (AvgIpc) is 2.53. The highest BCUT2D eigenvalue weighted by Crippen LogP contribution is 2.05. The molecule has 0 unspecified atom stereocenters. The molecule has 2 rings (SSSR count). The van der Waals surface area contributed by atoms with Crippen LogP contribution in [0.4, 0.5) is 0 Å². The number of rotatable bonds is 3. The molecule has 2 aromatic rings. The first-order chi connectivity index (χ1) is 11.7. The SMILES string of the molecule is CC(=O)O.Cc1cccc(C=CC(=O)O)c1.Cc1cccc(C=O)c1. The Morgan fingerprint density at radius 2 is 1.32 bits per heavy atom. The molecule has 0 atom stereocenters. The quantitative estimate of drug-likeness (QED) is 0.650. The molecule has 5 heteroatoms. The number of benzene rings is 2. The van der Waals surface area contributed by atoms with Crippen LogP contribution in [0.15, 0.2) is 54.6 Å². The molecular formula is C20H22O5. The molecule has 2 N–H and O–H groups in total. The van der Waals surface area contributed by atoms with Gasteiger partial charge in [-0.15, -0.1) is 0 Å². The van der Waals surface area contributed by atoms with Crippen LogP contribution in [0, 0.1) is 13.8 Å². The van der Waals surface area contributed by atoms with Crippen LogP contribution < -0.4 is 0 Å². The summed E-state index contributed by atoms with van der Waals surface area (Å²) in [6.45, 7) is 5.02. The third-order valence-electron chi connectivity index (χ3n) is 2.64. The summed E-state index contributed by atoms with van der Waals surface area (Å²) < 4.78 is 0. The van der Waals surface area contributed by atoms with Crippen LogP contribution >= 0.6 is 0 Å². The summed E-state index contributed by atoms with van der Waals surface area (Å²) in [5, 5.41) is 15.8. The molecule has 0 spiro atoms. The number of hydrogen-bond donors (Lipinski definition) is 2. The molecule has 25 heavy (non-hydrogen) atoms. The first kappa shape index (κ1) is 21.8. The Balaban J connectivity index is 0.000000391. The van der Waals surface area contributed by atoms with Crippen molar-refractivity contribution in [3.8, 4) is 0 Å². The molecule has 132 valence electrons. The number of carbonyl (C=O) groups excluding carboxylic acids is 1. The molecule has 0 aliphatic carbocycles. The second kappa shape index (κ2) is 12.2. The minimum absolute atomic E-state index is 0.745. The molecule has 0 aliphatic heterocycles. The number of aliphatic carboxylic acids is 2. The van der Waals surface area contributed by atoms with Crippen molar-refractivity contribution in [2.75, 3.05) is 0 Å². The normalized spacial score (nSPS) is 9.24. The van der Waals surface area contributed by atoms with E-state index in [0.29, 0.717) is 0 Å². The lowest BCUT2D eigenvalue weighted by Gasteiger charge is -1.93. The summed E-state index contributed by atoms with van der Waals surface area (Å²) in [6.07, 6.45) is 3.57. The summed E-state index contributed by atoms with van der Waals surface area (Å²) in [4.78, 5) is 29.3. The molecule has 0 saturated carbocycles. The Bertz CT molecular complexity index is 728. The van der Waals surface area contributed by atoms with Crippen molar-refractivity contribution in [1.82, 2.24) is 0 Å². The minimum atomic E-state index is -0.920. The van der Waals surface area contributed by atoms with Crippen molar-refractivity contribution >= 4 is 24.3 Å². The smallest absolute Gasteiger partial charge is 0.328 e. The summed E-state index contributed by atoms with van der Waals surface area (Å²) in [5.41, 5.74) is 3.91. The fraction of sp³-hybridized carbons (Fsp3) is 0.150. The van der Waals surface area contributed by atoms with Crippen molar-refractivity contribution in [1.29, 1.82) is 0 Å². The van der Waals surface area contributed by atoms with Gasteiger partial charge in [0.05, 0.1) is 0 Å². The van der Waals surface area contributed by atoms with Crippen LogP contribution in [-0.2, 0) is 9.59 Å². The van der Waals surface area contributed by atoms with Crippen LogP contribution in [0.3, 0.4) is 0 Å². The van der Waals surface area contributed by atoms with E-state index in [2.05, 4.69) is 0 Å². The number of carboxylic acids is 2. The molecule has 0 saturated heterocycles. The van der Waals surface area contributed by atoms with Gasteiger partial charge in [-0.2, -0.15) is 0 Å². The van der Waals surface area contributed by atoms with E-state index in [-0.39, 0.29) is 0 Å². The third-order valence-corrected chi connectivity index (χ3v) is 2.64. The molecule has 0 radical (unpaired) electrons. The summed E-state index contributed by atoms with van der Waals surface area (Å²) in [7, 11) is 0. The van der Waals surface area contributed by atoms with Gasteiger partial charge in [-0.05, 0) is 31.6 Å². The molecule has 0 amide bonds. The van der Waals surface area contributed by atoms with Crippen molar-refractivity contribution < 1.29 is 24.6 Å². The minimum Gasteiger partial charge on any atom is -0.481 e. The highest BCUT2D eigenvalue weighted by Gasteiger charge is 1.89. The Morgan fingerprint density at radius 3 is 1.68 bits per heavy atom. The summed E-state index contributed by atoms with van der Waals surface area (Å²) in [6, 6.07) is 15.2. The highest BCUT2D eigenvalue weighted by molar-refractivity contribution is 5.85. The highest BCUT2D eigenvalue weighted by atomic mass is 16.4. The van der Waals surface area contributed by atoms with Gasteiger partial charge in [-0.3, -0.25) is 9.59 Å². The third kappa shape index (κ3) is 13.0. The summed E-state index contributed by atoms with van der Waals surface area (Å²) in [5.74, 6) is -1.75. The van der Waals surface area contributed by atoms with Crippen molar-refractivity contribution in [2.24, 2.45) is 0 Å². The van der Waals surface area contributed by atoms with Gasteiger partial charge in [-0.1, -0.05) is 53.6 Å². The van der Waals surface area contributed by atoms with E-state index in [0.717, 1.165) is 41.5 Å². The zero-order chi connectivity index (χ0) is 19.2. The fourth-order valence-electron chi connectivity index (χ4n) is 1.68. The van der Waals surface area contributed by atoms with Crippen molar-refractivity contribution in [2.45, 2.75) is 20.8 Å². The van der Waals surface area contributed by atoms with E-state index < -0.39 is 11.9 Å². The number of aryl methyl sites for hydroxylation is 2. The van der Waals surface area contributed by atoms with E-state index in [1.165, 1.54) is 0 Å². The van der Waals surface area contributed by atoms with Crippen LogP contribution in [-0.4, -0.2) is 28.4 Å². The first-order valence-corrected chi connectivity index (χ1v) is 7.43. The van der Waals surface area contributed by atoms with Crippen molar-refractivity contribution in [3.63, 3.8) is 0 Å². The lowest BCUT2D eigenvalue weighted by Crippen LogP contribution is -1.85. The maximum absolute atomic E-state index is 10.2. The predicted octanol–water partition coefficient (Wildman–Crippen LogP) is 3.99. The van der Waals surface area contributed by atoms with Gasteiger partial charge in [0.2, 0.25) is 0 Å². The van der Waals surface area contributed by atoms with Gasteiger partial charge in [0.15, 0.2) is 0 Å². The zero-order valence-corrected chi connectivity index (χ0v) is 14.5. The average molecular weight is 342 g/mol. The maximum Gasteiger partial charge on any atom is 0.328 e. The Labute approximate surface area is 147 Å². The maximum atomic E-state index is 10.2. The Kier molecular flexibility index (Phi) is 10.7. The molecule has 0 fully saturated rings. The van der Waals surface area contributed by atoms with Gasteiger partial charge < -0.3 is 10.2 Å². The van der Waals surface area contributed by atoms with Crippen molar-refractivity contribution in [3.05, 3.63) is 76.9 Å². The largest absolute Gasteiger partial charge is 0.481 e. The number of carbonyl (C=O) groups is 3. The standard InChI is InChI=1S/C10H10O2.C8H8O.C2H4O2/c1-8-3-2-4-9(7-8)5-6-10(11)12;1-7-3-2-4-8(5-7)6-9;1-2(3)4/h2-7H,1H3,(H,11,12);2-6H,1H3;1H3,(H,3,4). The number of aldehydes is 1. The predicted molar refractivity (Wildman–Crippen MR) is 97.7 cm³/mol. The van der Waals surface area contributed by atoms with E-state index in [1.807, 2.05) is 56.3 Å².